The number of benzene rings is 1. The van der Waals surface area contributed by atoms with Crippen molar-refractivity contribution in [1.29, 1.82) is 0 Å². The molecular formula is C17H24N2O4S. The summed E-state index contributed by atoms with van der Waals surface area (Å²) in [5.41, 5.74) is 0.0274. The molecule has 0 aromatic heterocycles. The van der Waals surface area contributed by atoms with E-state index < -0.39 is 4.92 Å². The second-order valence-electron chi connectivity index (χ2n) is 5.88. The van der Waals surface area contributed by atoms with Gasteiger partial charge in [0.25, 0.3) is 11.6 Å². The molecule has 1 saturated heterocycles. The Balaban J connectivity index is 2.25. The van der Waals surface area contributed by atoms with Gasteiger partial charge in [0.1, 0.15) is 5.56 Å². The van der Waals surface area contributed by atoms with Crippen LogP contribution in [-0.2, 0) is 4.74 Å². The second kappa shape index (κ2) is 9.03. The predicted octanol–water partition coefficient (Wildman–Crippen LogP) is 3.74. The maximum Gasteiger partial charge on any atom is 0.282 e. The van der Waals surface area contributed by atoms with Crippen LogP contribution in [0.15, 0.2) is 23.1 Å². The van der Waals surface area contributed by atoms with Crippen LogP contribution in [0, 0.1) is 10.1 Å². The van der Waals surface area contributed by atoms with Crippen LogP contribution in [0.3, 0.4) is 0 Å². The summed E-state index contributed by atoms with van der Waals surface area (Å²) in [6.07, 6.45) is 5.79. The van der Waals surface area contributed by atoms with Crippen molar-refractivity contribution in [3.8, 4) is 0 Å². The number of hydrogen-bond donors (Lipinski definition) is 0. The highest BCUT2D eigenvalue weighted by Gasteiger charge is 2.27. The van der Waals surface area contributed by atoms with E-state index in [1.165, 1.54) is 17.8 Å². The van der Waals surface area contributed by atoms with Crippen LogP contribution in [0.4, 0.5) is 5.69 Å². The molecule has 1 aromatic rings. The van der Waals surface area contributed by atoms with Crippen molar-refractivity contribution < 1.29 is 14.5 Å². The van der Waals surface area contributed by atoms with Crippen LogP contribution in [0.5, 0.6) is 0 Å². The molecule has 0 spiro atoms. The molecule has 0 bridgehead atoms. The van der Waals surface area contributed by atoms with Crippen molar-refractivity contribution in [2.75, 3.05) is 26.0 Å². The van der Waals surface area contributed by atoms with E-state index in [0.29, 0.717) is 13.1 Å². The Morgan fingerprint density at radius 3 is 2.83 bits per heavy atom. The molecule has 1 aliphatic rings. The van der Waals surface area contributed by atoms with Gasteiger partial charge >= 0.3 is 0 Å². The standard InChI is InChI=1S/C17H24N2O4S/c1-3-9-18(12-13-6-4-5-10-23-13)17(20)15-11-14(24-2)7-8-16(15)19(21)22/h7-8,11,13H,3-6,9-10,12H2,1-2H3. The Hall–Kier alpha value is -1.60. The minimum absolute atomic E-state index is 0.0250. The van der Waals surface area contributed by atoms with Gasteiger partial charge in [-0.1, -0.05) is 6.92 Å². The molecule has 24 heavy (non-hydrogen) atoms. The molecule has 1 unspecified atom stereocenters. The first-order chi connectivity index (χ1) is 11.6. The zero-order chi connectivity index (χ0) is 17.5. The lowest BCUT2D eigenvalue weighted by atomic mass is 10.1. The van der Waals surface area contributed by atoms with Gasteiger partial charge in [0.15, 0.2) is 0 Å². The number of carbonyl (C=O) groups is 1. The summed E-state index contributed by atoms with van der Waals surface area (Å²) in [5.74, 6) is -0.284. The predicted molar refractivity (Wildman–Crippen MR) is 94.7 cm³/mol. The van der Waals surface area contributed by atoms with E-state index in [-0.39, 0.29) is 23.3 Å². The van der Waals surface area contributed by atoms with Gasteiger partial charge in [0.05, 0.1) is 11.0 Å². The zero-order valence-electron chi connectivity index (χ0n) is 14.2. The lowest BCUT2D eigenvalue weighted by Gasteiger charge is -2.30. The number of nitro benzene ring substituents is 1. The summed E-state index contributed by atoms with van der Waals surface area (Å²) in [6.45, 7) is 3.78. The number of carbonyl (C=O) groups excluding carboxylic acids is 1. The van der Waals surface area contributed by atoms with Crippen LogP contribution in [0.1, 0.15) is 43.0 Å². The maximum absolute atomic E-state index is 13.0. The summed E-state index contributed by atoms with van der Waals surface area (Å²) in [4.78, 5) is 26.3. The molecule has 1 atom stereocenters. The number of amides is 1. The highest BCUT2D eigenvalue weighted by molar-refractivity contribution is 7.98. The van der Waals surface area contributed by atoms with Crippen molar-refractivity contribution in [3.63, 3.8) is 0 Å². The minimum atomic E-state index is -0.488. The average Bonchev–Trinajstić information content (AvgIpc) is 2.61. The van der Waals surface area contributed by atoms with Gasteiger partial charge in [-0.3, -0.25) is 14.9 Å². The number of nitrogens with zero attached hydrogens (tertiary/aromatic N) is 2. The minimum Gasteiger partial charge on any atom is -0.376 e. The van der Waals surface area contributed by atoms with Crippen molar-refractivity contribution >= 4 is 23.4 Å². The monoisotopic (exact) mass is 352 g/mol. The Bertz CT molecular complexity index is 588. The second-order valence-corrected chi connectivity index (χ2v) is 6.76. The molecule has 0 saturated carbocycles. The Morgan fingerprint density at radius 1 is 1.46 bits per heavy atom. The maximum atomic E-state index is 13.0. The number of hydrogen-bond acceptors (Lipinski definition) is 5. The van der Waals surface area contributed by atoms with E-state index >= 15 is 0 Å². The summed E-state index contributed by atoms with van der Waals surface area (Å²) in [5, 5.41) is 11.3. The molecule has 2 rings (SSSR count). The lowest BCUT2D eigenvalue weighted by Crippen LogP contribution is -2.40. The summed E-state index contributed by atoms with van der Waals surface area (Å²) in [6, 6.07) is 4.71. The van der Waals surface area contributed by atoms with Crippen LogP contribution in [0.2, 0.25) is 0 Å². The van der Waals surface area contributed by atoms with Gasteiger partial charge in [-0.05, 0) is 44.1 Å². The average molecular weight is 352 g/mol. The molecule has 1 amide bonds. The fourth-order valence-electron chi connectivity index (χ4n) is 2.89. The van der Waals surface area contributed by atoms with E-state index in [9.17, 15) is 14.9 Å². The van der Waals surface area contributed by atoms with E-state index in [1.807, 2.05) is 13.2 Å². The molecule has 132 valence electrons. The van der Waals surface area contributed by atoms with Crippen LogP contribution >= 0.6 is 11.8 Å². The first-order valence-corrected chi connectivity index (χ1v) is 9.52. The Kier molecular flexibility index (Phi) is 7.05. The van der Waals surface area contributed by atoms with Crippen molar-refractivity contribution in [2.45, 2.75) is 43.6 Å². The van der Waals surface area contributed by atoms with Gasteiger partial charge in [-0.15, -0.1) is 11.8 Å². The molecule has 1 heterocycles. The van der Waals surface area contributed by atoms with Crippen LogP contribution in [-0.4, -0.2) is 47.8 Å². The first-order valence-electron chi connectivity index (χ1n) is 8.30. The van der Waals surface area contributed by atoms with Gasteiger partial charge in [0, 0.05) is 30.7 Å². The molecule has 0 radical (unpaired) electrons. The number of rotatable bonds is 7. The van der Waals surface area contributed by atoms with Crippen LogP contribution in [0.25, 0.3) is 0 Å². The van der Waals surface area contributed by atoms with E-state index in [1.54, 1.807) is 17.0 Å². The molecule has 6 nitrogen and oxygen atoms in total. The number of nitro groups is 1. The lowest BCUT2D eigenvalue weighted by molar-refractivity contribution is -0.385. The third kappa shape index (κ3) is 4.70. The molecule has 1 fully saturated rings. The number of thioether (sulfide) groups is 1. The Labute approximate surface area is 146 Å². The fourth-order valence-corrected chi connectivity index (χ4v) is 3.33. The molecule has 1 aliphatic heterocycles. The van der Waals surface area contributed by atoms with Gasteiger partial charge in [-0.25, -0.2) is 0 Å². The molecule has 1 aromatic carbocycles. The summed E-state index contributed by atoms with van der Waals surface area (Å²) in [7, 11) is 0. The SMILES string of the molecule is CCCN(CC1CCCCO1)C(=O)c1cc(SC)ccc1[N+](=O)[O-]. The normalized spacial score (nSPS) is 17.5. The highest BCUT2D eigenvalue weighted by Crippen LogP contribution is 2.26. The van der Waals surface area contributed by atoms with Crippen molar-refractivity contribution in [3.05, 3.63) is 33.9 Å². The third-order valence-electron chi connectivity index (χ3n) is 4.11. The third-order valence-corrected chi connectivity index (χ3v) is 4.83. The van der Waals surface area contributed by atoms with E-state index in [2.05, 4.69) is 0 Å². The van der Waals surface area contributed by atoms with E-state index in [4.69, 9.17) is 4.74 Å². The van der Waals surface area contributed by atoms with Gasteiger partial charge < -0.3 is 9.64 Å². The zero-order valence-corrected chi connectivity index (χ0v) is 15.0. The highest BCUT2D eigenvalue weighted by atomic mass is 32.2. The van der Waals surface area contributed by atoms with Crippen molar-refractivity contribution in [2.24, 2.45) is 0 Å². The largest absolute Gasteiger partial charge is 0.376 e. The molecule has 7 heteroatoms. The van der Waals surface area contributed by atoms with Crippen LogP contribution < -0.4 is 0 Å². The smallest absolute Gasteiger partial charge is 0.282 e. The number of ether oxygens (including phenoxy) is 1. The topological polar surface area (TPSA) is 72.7 Å². The molecular weight excluding hydrogens is 328 g/mol. The Morgan fingerprint density at radius 2 is 2.25 bits per heavy atom. The molecule has 0 N–H and O–H groups in total. The van der Waals surface area contributed by atoms with Gasteiger partial charge in [0.2, 0.25) is 0 Å². The summed E-state index contributed by atoms with van der Waals surface area (Å²) < 4.78 is 5.73. The van der Waals surface area contributed by atoms with Crippen molar-refractivity contribution in [1.82, 2.24) is 4.90 Å². The molecule has 0 aliphatic carbocycles. The fraction of sp³-hybridized carbons (Fsp3) is 0.588. The quantitative estimate of drug-likeness (QED) is 0.425. The summed E-state index contributed by atoms with van der Waals surface area (Å²) >= 11 is 1.46. The first kappa shape index (κ1) is 18.7. The van der Waals surface area contributed by atoms with Gasteiger partial charge in [-0.2, -0.15) is 0 Å². The van der Waals surface area contributed by atoms with E-state index in [0.717, 1.165) is 37.2 Å².